The topological polar surface area (TPSA) is 32.3 Å². The van der Waals surface area contributed by atoms with Gasteiger partial charge in [-0.3, -0.25) is 0 Å². The Labute approximate surface area is 95.3 Å². The first-order valence-electron chi connectivity index (χ1n) is 4.94. The lowest BCUT2D eigenvalue weighted by Crippen LogP contribution is -2.37. The van der Waals surface area contributed by atoms with E-state index < -0.39 is 10.9 Å². The normalized spacial score (nSPS) is 30.3. The molecule has 0 unspecified atom stereocenters. The molecule has 2 nitrogen and oxygen atoms in total. The predicted octanol–water partition coefficient (Wildman–Crippen LogP) is 1.95. The highest BCUT2D eigenvalue weighted by Crippen LogP contribution is 2.27. The minimum absolute atomic E-state index is 0.422. The van der Waals surface area contributed by atoms with Crippen LogP contribution in [0.4, 0.5) is 0 Å². The molecule has 0 radical (unpaired) electrons. The molecule has 0 aliphatic carbocycles. The Morgan fingerprint density at radius 1 is 1.57 bits per heavy atom. The van der Waals surface area contributed by atoms with Gasteiger partial charge in [0, 0.05) is 6.54 Å². The maximum Gasteiger partial charge on any atom is 0.133 e. The molecule has 3 atom stereocenters. The first kappa shape index (κ1) is 12.3. The van der Waals surface area contributed by atoms with Gasteiger partial charge in [-0.1, -0.05) is 6.08 Å². The number of aliphatic hydroxyl groups excluding tert-OH is 1. The molecule has 0 bridgehead atoms. The van der Waals surface area contributed by atoms with E-state index in [0.29, 0.717) is 18.3 Å². The van der Waals surface area contributed by atoms with Gasteiger partial charge in [-0.25, -0.2) is 0 Å². The quantitative estimate of drug-likeness (QED) is 0.579. The molecule has 1 saturated heterocycles. The predicted molar refractivity (Wildman–Crippen MR) is 60.8 cm³/mol. The van der Waals surface area contributed by atoms with Crippen LogP contribution in [0.1, 0.15) is 12.8 Å². The highest BCUT2D eigenvalue weighted by molar-refractivity contribution is 6.44. The van der Waals surface area contributed by atoms with Crippen LogP contribution in [0.25, 0.3) is 0 Å². The monoisotopic (exact) mass is 237 g/mol. The lowest BCUT2D eigenvalue weighted by atomic mass is 9.83. The number of rotatable bonds is 4. The van der Waals surface area contributed by atoms with Crippen molar-refractivity contribution in [1.82, 2.24) is 5.32 Å². The van der Waals surface area contributed by atoms with E-state index in [-0.39, 0.29) is 0 Å². The molecule has 1 rings (SSSR count). The molecule has 0 saturated carbocycles. The third-order valence-corrected chi connectivity index (χ3v) is 3.40. The van der Waals surface area contributed by atoms with Crippen molar-refractivity contribution in [1.29, 1.82) is 0 Å². The Kier molecular flexibility index (Phi) is 5.24. The second-order valence-corrected chi connectivity index (χ2v) is 4.95. The van der Waals surface area contributed by atoms with Gasteiger partial charge in [0.1, 0.15) is 4.84 Å². The Morgan fingerprint density at radius 2 is 2.29 bits per heavy atom. The fraction of sp³-hybridized carbons (Fsp3) is 0.800. The molecule has 82 valence electrons. The third kappa shape index (κ3) is 3.43. The molecule has 14 heavy (non-hydrogen) atoms. The molecule has 2 N–H and O–H groups in total. The number of aliphatic hydroxyl groups is 1. The van der Waals surface area contributed by atoms with E-state index in [4.69, 9.17) is 23.2 Å². The second-order valence-electron chi connectivity index (χ2n) is 3.79. The number of hydrogen-bond acceptors (Lipinski definition) is 2. The van der Waals surface area contributed by atoms with Crippen molar-refractivity contribution in [3.63, 3.8) is 0 Å². The van der Waals surface area contributed by atoms with Gasteiger partial charge in [0.2, 0.25) is 0 Å². The number of alkyl halides is 2. The van der Waals surface area contributed by atoms with E-state index in [1.807, 2.05) is 6.08 Å². The molecule has 1 fully saturated rings. The largest absolute Gasteiger partial charge is 0.390 e. The van der Waals surface area contributed by atoms with E-state index in [1.54, 1.807) is 0 Å². The number of hydrogen-bond donors (Lipinski definition) is 2. The van der Waals surface area contributed by atoms with Crippen LogP contribution in [-0.2, 0) is 0 Å². The minimum Gasteiger partial charge on any atom is -0.390 e. The van der Waals surface area contributed by atoms with Crippen LogP contribution >= 0.6 is 23.2 Å². The lowest BCUT2D eigenvalue weighted by molar-refractivity contribution is 0.130. The van der Waals surface area contributed by atoms with Crippen LogP contribution in [0.2, 0.25) is 0 Å². The van der Waals surface area contributed by atoms with Crippen LogP contribution in [0.3, 0.4) is 0 Å². The molecular weight excluding hydrogens is 221 g/mol. The third-order valence-electron chi connectivity index (χ3n) is 2.82. The first-order chi connectivity index (χ1) is 6.65. The van der Waals surface area contributed by atoms with Crippen molar-refractivity contribution in [3.8, 4) is 0 Å². The van der Waals surface area contributed by atoms with E-state index in [1.165, 1.54) is 0 Å². The Hall–Kier alpha value is 0.240. The summed E-state index contributed by atoms with van der Waals surface area (Å²) in [5.41, 5.74) is 0. The summed E-state index contributed by atoms with van der Waals surface area (Å²) in [6, 6.07) is 0. The molecule has 0 aromatic rings. The average Bonchev–Trinajstić information content (AvgIpc) is 2.18. The summed E-state index contributed by atoms with van der Waals surface area (Å²) in [5, 5.41) is 12.9. The Balaban J connectivity index is 2.44. The van der Waals surface area contributed by atoms with Crippen molar-refractivity contribution in [2.45, 2.75) is 23.8 Å². The minimum atomic E-state index is -0.685. The van der Waals surface area contributed by atoms with Gasteiger partial charge in [-0.05, 0) is 31.2 Å². The Morgan fingerprint density at radius 3 is 2.86 bits per heavy atom. The maximum atomic E-state index is 9.57. The van der Waals surface area contributed by atoms with E-state index in [9.17, 15) is 5.11 Å². The summed E-state index contributed by atoms with van der Waals surface area (Å²) in [6.45, 7) is 5.74. The zero-order valence-electron chi connectivity index (χ0n) is 8.13. The van der Waals surface area contributed by atoms with Crippen LogP contribution in [-0.4, -0.2) is 29.1 Å². The molecule has 1 aliphatic rings. The summed E-state index contributed by atoms with van der Waals surface area (Å²) >= 11 is 11.2. The van der Waals surface area contributed by atoms with Crippen LogP contribution in [0.5, 0.6) is 0 Å². The molecule has 0 amide bonds. The fourth-order valence-corrected chi connectivity index (χ4v) is 2.12. The smallest absolute Gasteiger partial charge is 0.133 e. The summed E-state index contributed by atoms with van der Waals surface area (Å²) in [5.74, 6) is 0.870. The van der Waals surface area contributed by atoms with Crippen molar-refractivity contribution in [2.75, 3.05) is 13.1 Å². The van der Waals surface area contributed by atoms with Crippen molar-refractivity contribution >= 4 is 23.2 Å². The molecule has 0 aromatic carbocycles. The molecular formula is C10H17Cl2NO. The van der Waals surface area contributed by atoms with Crippen molar-refractivity contribution < 1.29 is 5.11 Å². The van der Waals surface area contributed by atoms with Crippen LogP contribution in [0, 0.1) is 11.8 Å². The highest BCUT2D eigenvalue weighted by atomic mass is 35.5. The Bertz CT molecular complexity index is 187. The maximum absolute atomic E-state index is 9.57. The van der Waals surface area contributed by atoms with Gasteiger partial charge in [0.15, 0.2) is 0 Å². The van der Waals surface area contributed by atoms with Gasteiger partial charge < -0.3 is 10.4 Å². The van der Waals surface area contributed by atoms with Crippen LogP contribution in [0.15, 0.2) is 12.7 Å². The van der Waals surface area contributed by atoms with E-state index in [2.05, 4.69) is 11.9 Å². The molecule has 0 spiro atoms. The van der Waals surface area contributed by atoms with Crippen LogP contribution < -0.4 is 5.32 Å². The summed E-state index contributed by atoms with van der Waals surface area (Å²) < 4.78 is 0. The number of nitrogens with one attached hydrogen (secondary N) is 1. The zero-order chi connectivity index (χ0) is 10.6. The van der Waals surface area contributed by atoms with Gasteiger partial charge in [-0.2, -0.15) is 0 Å². The SMILES string of the molecule is C=C[C@H]1CNCC[C@H]1C[C@H](O)C(Cl)Cl. The number of piperidine rings is 1. The summed E-state index contributed by atoms with van der Waals surface area (Å²) in [6.07, 6.45) is 3.04. The van der Waals surface area contributed by atoms with Gasteiger partial charge in [0.05, 0.1) is 6.10 Å². The van der Waals surface area contributed by atoms with Gasteiger partial charge >= 0.3 is 0 Å². The van der Waals surface area contributed by atoms with Gasteiger partial charge in [-0.15, -0.1) is 29.8 Å². The lowest BCUT2D eigenvalue weighted by Gasteiger charge is -2.31. The molecule has 1 aliphatic heterocycles. The van der Waals surface area contributed by atoms with E-state index >= 15 is 0 Å². The van der Waals surface area contributed by atoms with E-state index in [0.717, 1.165) is 19.5 Å². The fourth-order valence-electron chi connectivity index (χ4n) is 1.92. The average molecular weight is 238 g/mol. The molecule has 0 aromatic heterocycles. The first-order valence-corrected chi connectivity index (χ1v) is 5.82. The van der Waals surface area contributed by atoms with Crippen molar-refractivity contribution in [3.05, 3.63) is 12.7 Å². The van der Waals surface area contributed by atoms with Crippen molar-refractivity contribution in [2.24, 2.45) is 11.8 Å². The summed E-state index contributed by atoms with van der Waals surface area (Å²) in [7, 11) is 0. The summed E-state index contributed by atoms with van der Waals surface area (Å²) in [4.78, 5) is -0.685. The van der Waals surface area contributed by atoms with Gasteiger partial charge in [0.25, 0.3) is 0 Å². The zero-order valence-corrected chi connectivity index (χ0v) is 9.64. The highest BCUT2D eigenvalue weighted by Gasteiger charge is 2.26. The number of halogens is 2. The second kappa shape index (κ2) is 5.96. The standard InChI is InChI=1S/C10H17Cl2NO/c1-2-7-6-13-4-3-8(7)5-9(14)10(11)12/h2,7-10,13-14H,1,3-6H2/t7-,8-,9-/m0/s1. The molecule has 1 heterocycles. The molecule has 4 heteroatoms.